The summed E-state index contributed by atoms with van der Waals surface area (Å²) in [5.41, 5.74) is 2.08. The number of aromatic nitrogens is 2. The Morgan fingerprint density at radius 1 is 1.07 bits per heavy atom. The van der Waals surface area contributed by atoms with E-state index in [0.29, 0.717) is 18.5 Å². The van der Waals surface area contributed by atoms with Crippen LogP contribution in [0.1, 0.15) is 15.9 Å². The zero-order chi connectivity index (χ0) is 19.1. The van der Waals surface area contributed by atoms with E-state index in [-0.39, 0.29) is 12.4 Å². The minimum absolute atomic E-state index is 0.299. The Morgan fingerprint density at radius 2 is 1.81 bits per heavy atom. The normalized spacial score (nSPS) is 10.4. The minimum atomic E-state index is -0.573. The van der Waals surface area contributed by atoms with Gasteiger partial charge in [0.1, 0.15) is 5.82 Å². The van der Waals surface area contributed by atoms with Crippen molar-refractivity contribution < 1.29 is 18.7 Å². The van der Waals surface area contributed by atoms with Crippen molar-refractivity contribution in [2.24, 2.45) is 0 Å². The van der Waals surface area contributed by atoms with Crippen LogP contribution in [-0.2, 0) is 16.0 Å². The van der Waals surface area contributed by atoms with Crippen molar-refractivity contribution >= 4 is 11.9 Å². The van der Waals surface area contributed by atoms with Gasteiger partial charge in [0.25, 0.3) is 5.91 Å². The number of hydrogen-bond acceptors (Lipinski definition) is 4. The van der Waals surface area contributed by atoms with Gasteiger partial charge in [-0.3, -0.25) is 4.79 Å². The van der Waals surface area contributed by atoms with Gasteiger partial charge in [-0.1, -0.05) is 12.1 Å². The van der Waals surface area contributed by atoms with Crippen molar-refractivity contribution in [1.29, 1.82) is 0 Å². The molecule has 3 rings (SSSR count). The van der Waals surface area contributed by atoms with E-state index in [2.05, 4.69) is 10.4 Å². The number of benzene rings is 2. The first-order chi connectivity index (χ1) is 13.1. The van der Waals surface area contributed by atoms with Crippen LogP contribution >= 0.6 is 0 Å². The minimum Gasteiger partial charge on any atom is -0.452 e. The summed E-state index contributed by atoms with van der Waals surface area (Å²) in [7, 11) is 0. The van der Waals surface area contributed by atoms with Gasteiger partial charge < -0.3 is 10.1 Å². The molecule has 138 valence electrons. The van der Waals surface area contributed by atoms with Gasteiger partial charge in [0.15, 0.2) is 6.61 Å². The molecule has 0 aliphatic carbocycles. The van der Waals surface area contributed by atoms with E-state index in [1.807, 2.05) is 0 Å². The third-order valence-corrected chi connectivity index (χ3v) is 3.86. The summed E-state index contributed by atoms with van der Waals surface area (Å²) in [5.74, 6) is -1.26. The molecular formula is C20H18FN3O3. The summed E-state index contributed by atoms with van der Waals surface area (Å²) in [6.07, 6.45) is 4.02. The number of carbonyl (C=O) groups excluding carboxylic acids is 2. The first-order valence-electron chi connectivity index (χ1n) is 8.40. The van der Waals surface area contributed by atoms with Crippen LogP contribution in [0.15, 0.2) is 67.0 Å². The van der Waals surface area contributed by atoms with E-state index in [9.17, 15) is 14.0 Å². The molecule has 1 N–H and O–H groups in total. The number of nitrogens with one attached hydrogen (secondary N) is 1. The lowest BCUT2D eigenvalue weighted by Crippen LogP contribution is -2.30. The number of hydrogen-bond donors (Lipinski definition) is 1. The molecule has 0 aliphatic heterocycles. The Kier molecular flexibility index (Phi) is 5.94. The van der Waals surface area contributed by atoms with Crippen LogP contribution in [0, 0.1) is 5.82 Å². The number of carbonyl (C=O) groups is 2. The highest BCUT2D eigenvalue weighted by Gasteiger charge is 2.10. The molecule has 0 aliphatic rings. The quantitative estimate of drug-likeness (QED) is 0.652. The molecule has 0 bridgehead atoms. The second-order valence-corrected chi connectivity index (χ2v) is 5.80. The lowest BCUT2D eigenvalue weighted by atomic mass is 10.1. The second-order valence-electron chi connectivity index (χ2n) is 5.80. The average Bonchev–Trinajstić information content (AvgIpc) is 3.22. The first kappa shape index (κ1) is 18.3. The SMILES string of the molecule is O=C(COC(=O)c1ccc(-n2cccn2)cc1)NCCc1ccc(F)cc1. The van der Waals surface area contributed by atoms with Gasteiger partial charge in [0.05, 0.1) is 11.3 Å². The molecule has 7 heteroatoms. The van der Waals surface area contributed by atoms with Crippen molar-refractivity contribution in [2.45, 2.75) is 6.42 Å². The largest absolute Gasteiger partial charge is 0.452 e. The molecule has 1 aromatic heterocycles. The van der Waals surface area contributed by atoms with Crippen molar-refractivity contribution in [3.8, 4) is 5.69 Å². The number of nitrogens with zero attached hydrogens (tertiary/aromatic N) is 2. The zero-order valence-corrected chi connectivity index (χ0v) is 14.5. The molecule has 6 nitrogen and oxygen atoms in total. The third-order valence-electron chi connectivity index (χ3n) is 3.86. The van der Waals surface area contributed by atoms with E-state index in [4.69, 9.17) is 4.74 Å². The maximum absolute atomic E-state index is 12.8. The summed E-state index contributed by atoms with van der Waals surface area (Å²) >= 11 is 0. The fraction of sp³-hybridized carbons (Fsp3) is 0.150. The van der Waals surface area contributed by atoms with Gasteiger partial charge in [-0.15, -0.1) is 0 Å². The molecule has 0 unspecified atom stereocenters. The summed E-state index contributed by atoms with van der Waals surface area (Å²) in [6.45, 7) is 0.0176. The third kappa shape index (κ3) is 5.24. The monoisotopic (exact) mass is 367 g/mol. The molecule has 0 fully saturated rings. The van der Waals surface area contributed by atoms with E-state index in [1.54, 1.807) is 59.5 Å². The highest BCUT2D eigenvalue weighted by atomic mass is 19.1. The van der Waals surface area contributed by atoms with Crippen LogP contribution < -0.4 is 5.32 Å². The highest BCUT2D eigenvalue weighted by Crippen LogP contribution is 2.09. The molecule has 3 aromatic rings. The predicted octanol–water partition coefficient (Wildman–Crippen LogP) is 2.53. The van der Waals surface area contributed by atoms with E-state index < -0.39 is 11.9 Å². The summed E-state index contributed by atoms with van der Waals surface area (Å²) in [6, 6.07) is 14.6. The number of esters is 1. The maximum atomic E-state index is 12.8. The van der Waals surface area contributed by atoms with Crippen LogP contribution in [-0.4, -0.2) is 34.8 Å². The van der Waals surface area contributed by atoms with Crippen LogP contribution in [0.2, 0.25) is 0 Å². The van der Waals surface area contributed by atoms with Gasteiger partial charge in [-0.2, -0.15) is 5.10 Å². The van der Waals surface area contributed by atoms with Gasteiger partial charge in [0, 0.05) is 18.9 Å². The predicted molar refractivity (Wildman–Crippen MR) is 97.0 cm³/mol. The summed E-state index contributed by atoms with van der Waals surface area (Å²) in [5, 5.41) is 6.76. The van der Waals surface area contributed by atoms with Crippen molar-refractivity contribution in [2.75, 3.05) is 13.2 Å². The molecule has 0 spiro atoms. The standard InChI is InChI=1S/C20H18FN3O3/c21-17-6-2-15(3-7-17)10-12-22-19(25)14-27-20(26)16-4-8-18(9-5-16)24-13-1-11-23-24/h1-9,11,13H,10,12,14H2,(H,22,25). The van der Waals surface area contributed by atoms with Crippen molar-refractivity contribution in [3.05, 3.63) is 83.9 Å². The van der Waals surface area contributed by atoms with Crippen LogP contribution in [0.5, 0.6) is 0 Å². The van der Waals surface area contributed by atoms with Gasteiger partial charge >= 0.3 is 5.97 Å². The number of ether oxygens (including phenoxy) is 1. The molecule has 1 amide bonds. The molecule has 1 heterocycles. The molecule has 0 radical (unpaired) electrons. The second kappa shape index (κ2) is 8.75. The molecule has 0 saturated carbocycles. The topological polar surface area (TPSA) is 73.2 Å². The summed E-state index contributed by atoms with van der Waals surface area (Å²) < 4.78 is 19.5. The Bertz CT molecular complexity index is 891. The van der Waals surface area contributed by atoms with Crippen LogP contribution in [0.3, 0.4) is 0 Å². The fourth-order valence-electron chi connectivity index (χ4n) is 2.43. The lowest BCUT2D eigenvalue weighted by molar-refractivity contribution is -0.124. The van der Waals surface area contributed by atoms with Crippen molar-refractivity contribution in [1.82, 2.24) is 15.1 Å². The van der Waals surface area contributed by atoms with Gasteiger partial charge in [0.2, 0.25) is 0 Å². The smallest absolute Gasteiger partial charge is 0.338 e. The number of rotatable bonds is 7. The molecule has 27 heavy (non-hydrogen) atoms. The van der Waals surface area contributed by atoms with Crippen LogP contribution in [0.25, 0.3) is 5.69 Å². The van der Waals surface area contributed by atoms with Gasteiger partial charge in [-0.05, 0) is 54.4 Å². The number of halogens is 1. The van der Waals surface area contributed by atoms with Crippen LogP contribution in [0.4, 0.5) is 4.39 Å². The Balaban J connectivity index is 1.41. The Labute approximate surface area is 155 Å². The highest BCUT2D eigenvalue weighted by molar-refractivity contribution is 5.91. The van der Waals surface area contributed by atoms with E-state index >= 15 is 0 Å². The molecule has 0 atom stereocenters. The van der Waals surface area contributed by atoms with E-state index in [0.717, 1.165) is 11.3 Å². The maximum Gasteiger partial charge on any atom is 0.338 e. The fourth-order valence-corrected chi connectivity index (χ4v) is 2.43. The van der Waals surface area contributed by atoms with Crippen molar-refractivity contribution in [3.63, 3.8) is 0 Å². The van der Waals surface area contributed by atoms with Gasteiger partial charge in [-0.25, -0.2) is 13.9 Å². The number of amides is 1. The summed E-state index contributed by atoms with van der Waals surface area (Å²) in [4.78, 5) is 23.8. The Morgan fingerprint density at radius 3 is 2.48 bits per heavy atom. The molecule has 0 saturated heterocycles. The molecular weight excluding hydrogens is 349 g/mol. The average molecular weight is 367 g/mol. The molecule has 2 aromatic carbocycles. The lowest BCUT2D eigenvalue weighted by Gasteiger charge is -2.07. The Hall–Kier alpha value is -3.48. The first-order valence-corrected chi connectivity index (χ1v) is 8.40. The van der Waals surface area contributed by atoms with E-state index in [1.165, 1.54) is 12.1 Å². The zero-order valence-electron chi connectivity index (χ0n) is 14.5.